The van der Waals surface area contributed by atoms with Crippen molar-refractivity contribution in [2.24, 2.45) is 0 Å². The molecule has 0 N–H and O–H groups in total. The molecule has 4 rings (SSSR count). The van der Waals surface area contributed by atoms with E-state index in [4.69, 9.17) is 16.3 Å². The number of hydrogen-bond donors (Lipinski definition) is 0. The summed E-state index contributed by atoms with van der Waals surface area (Å²) in [5, 5.41) is 1.44. The first-order valence-corrected chi connectivity index (χ1v) is 12.2. The van der Waals surface area contributed by atoms with Crippen LogP contribution in [-0.2, 0) is 11.2 Å². The fourth-order valence-corrected chi connectivity index (χ4v) is 5.43. The third-order valence-corrected chi connectivity index (χ3v) is 7.45. The lowest BCUT2D eigenvalue weighted by Gasteiger charge is -2.10. The first-order chi connectivity index (χ1) is 16.2. The maximum atomic E-state index is 13.5. The molecule has 6 heteroatoms. The van der Waals surface area contributed by atoms with Crippen LogP contribution in [0.3, 0.4) is 0 Å². The van der Waals surface area contributed by atoms with Gasteiger partial charge in [0.05, 0.1) is 12.6 Å². The van der Waals surface area contributed by atoms with E-state index in [1.54, 1.807) is 35.9 Å². The second kappa shape index (κ2) is 9.69. The minimum Gasteiger partial charge on any atom is -0.497 e. The fourth-order valence-electron chi connectivity index (χ4n) is 4.42. The molecule has 4 aromatic rings. The number of ether oxygens (including phenoxy) is 1. The first-order valence-electron chi connectivity index (χ1n) is 11.0. The third kappa shape index (κ3) is 4.63. The van der Waals surface area contributed by atoms with Crippen LogP contribution >= 0.6 is 23.4 Å². The summed E-state index contributed by atoms with van der Waals surface area (Å²) in [6.45, 7) is 8.00. The van der Waals surface area contributed by atoms with Crippen molar-refractivity contribution in [2.75, 3.05) is 7.11 Å². The van der Waals surface area contributed by atoms with Crippen LogP contribution in [0.25, 0.3) is 10.9 Å². The van der Waals surface area contributed by atoms with Crippen LogP contribution < -0.4 is 4.74 Å². The molecule has 0 bridgehead atoms. The molecule has 0 aliphatic heterocycles. The minimum absolute atomic E-state index is 0.0268. The summed E-state index contributed by atoms with van der Waals surface area (Å²) in [5.74, 6) is 0.510. The van der Waals surface area contributed by atoms with E-state index in [9.17, 15) is 9.59 Å². The van der Waals surface area contributed by atoms with Crippen LogP contribution in [0.15, 0.2) is 59.5 Å². The van der Waals surface area contributed by atoms with Crippen LogP contribution in [0.4, 0.5) is 0 Å². The lowest BCUT2D eigenvalue weighted by Crippen LogP contribution is -2.14. The summed E-state index contributed by atoms with van der Waals surface area (Å²) in [6.07, 6.45) is 0.202. The van der Waals surface area contributed by atoms with Crippen molar-refractivity contribution < 1.29 is 14.3 Å². The van der Waals surface area contributed by atoms with E-state index in [0.717, 1.165) is 38.2 Å². The predicted molar refractivity (Wildman–Crippen MR) is 140 cm³/mol. The van der Waals surface area contributed by atoms with E-state index in [2.05, 4.69) is 19.1 Å². The average Bonchev–Trinajstić information content (AvgIpc) is 3.06. The standard InChI is InChI=1S/C28H26ClNO3S/c1-16-12-17(2)27(18(3)13-16)34-26(31)15-23-19(4)30(25-11-10-22(33-5)14-24(23)25)28(32)20-6-8-21(29)9-7-20/h6-14H,15H2,1-5H3. The van der Waals surface area contributed by atoms with Crippen molar-refractivity contribution in [3.8, 4) is 5.75 Å². The van der Waals surface area contributed by atoms with E-state index < -0.39 is 0 Å². The number of thioether (sulfide) groups is 1. The molecule has 0 spiro atoms. The Balaban J connectivity index is 1.76. The second-order valence-corrected chi connectivity index (χ2v) is 9.98. The molecule has 0 radical (unpaired) electrons. The Hall–Kier alpha value is -3.02. The smallest absolute Gasteiger partial charge is 0.262 e. The van der Waals surface area contributed by atoms with E-state index in [1.165, 1.54) is 17.3 Å². The molecule has 34 heavy (non-hydrogen) atoms. The predicted octanol–water partition coefficient (Wildman–Crippen LogP) is 7.09. The second-order valence-electron chi connectivity index (χ2n) is 8.47. The van der Waals surface area contributed by atoms with Crippen LogP contribution in [0.1, 0.15) is 38.3 Å². The van der Waals surface area contributed by atoms with E-state index >= 15 is 0 Å². The van der Waals surface area contributed by atoms with Gasteiger partial charge in [-0.2, -0.15) is 0 Å². The van der Waals surface area contributed by atoms with Gasteiger partial charge in [-0.15, -0.1) is 0 Å². The molecule has 0 aliphatic rings. The Kier molecular flexibility index (Phi) is 6.87. The third-order valence-electron chi connectivity index (χ3n) is 5.98. The number of fused-ring (bicyclic) bond motifs is 1. The number of aryl methyl sites for hydroxylation is 3. The Morgan fingerprint density at radius 2 is 1.59 bits per heavy atom. The number of benzene rings is 3. The van der Waals surface area contributed by atoms with E-state index in [-0.39, 0.29) is 17.4 Å². The van der Waals surface area contributed by atoms with Gasteiger partial charge in [0.1, 0.15) is 5.75 Å². The van der Waals surface area contributed by atoms with Crippen molar-refractivity contribution in [3.63, 3.8) is 0 Å². The Labute approximate surface area is 208 Å². The van der Waals surface area contributed by atoms with Crippen LogP contribution in [0.2, 0.25) is 5.02 Å². The molecular weight excluding hydrogens is 466 g/mol. The van der Waals surface area contributed by atoms with Gasteiger partial charge in [0, 0.05) is 33.0 Å². The molecule has 0 amide bonds. The van der Waals surface area contributed by atoms with Crippen LogP contribution in [0.5, 0.6) is 5.75 Å². The summed E-state index contributed by atoms with van der Waals surface area (Å²) < 4.78 is 7.10. The summed E-state index contributed by atoms with van der Waals surface area (Å²) in [4.78, 5) is 27.7. The highest BCUT2D eigenvalue weighted by atomic mass is 35.5. The quantitative estimate of drug-likeness (QED) is 0.280. The van der Waals surface area contributed by atoms with E-state index in [1.807, 2.05) is 39.0 Å². The molecule has 0 aliphatic carbocycles. The van der Waals surface area contributed by atoms with Crippen molar-refractivity contribution >= 4 is 45.3 Å². The molecule has 1 aromatic heterocycles. The van der Waals surface area contributed by atoms with Crippen molar-refractivity contribution in [3.05, 3.63) is 93.1 Å². The molecule has 0 saturated heterocycles. The summed E-state index contributed by atoms with van der Waals surface area (Å²) in [6, 6.07) is 16.6. The summed E-state index contributed by atoms with van der Waals surface area (Å²) in [5.41, 5.74) is 6.21. The average molecular weight is 492 g/mol. The number of halogens is 1. The SMILES string of the molecule is COc1ccc2c(c1)c(CC(=O)Sc1c(C)cc(C)cc1C)c(C)n2C(=O)c1ccc(Cl)cc1. The van der Waals surface area contributed by atoms with Gasteiger partial charge in [0.2, 0.25) is 0 Å². The molecule has 174 valence electrons. The van der Waals surface area contributed by atoms with Gasteiger partial charge >= 0.3 is 0 Å². The van der Waals surface area contributed by atoms with Crippen molar-refractivity contribution in [1.29, 1.82) is 0 Å². The number of nitrogens with zero attached hydrogens (tertiary/aromatic N) is 1. The number of carbonyl (C=O) groups is 2. The van der Waals surface area contributed by atoms with Gasteiger partial charge < -0.3 is 4.74 Å². The molecule has 0 saturated carbocycles. The molecule has 4 nitrogen and oxygen atoms in total. The highest BCUT2D eigenvalue weighted by Gasteiger charge is 2.23. The van der Waals surface area contributed by atoms with Gasteiger partial charge in [0.15, 0.2) is 5.12 Å². The molecule has 0 fully saturated rings. The molecule has 0 unspecified atom stereocenters. The number of aromatic nitrogens is 1. The highest BCUT2D eigenvalue weighted by Crippen LogP contribution is 2.34. The Bertz CT molecular complexity index is 1400. The van der Waals surface area contributed by atoms with Crippen LogP contribution in [-0.4, -0.2) is 22.7 Å². The number of carbonyl (C=O) groups excluding carboxylic acids is 2. The maximum Gasteiger partial charge on any atom is 0.262 e. The van der Waals surface area contributed by atoms with Crippen molar-refractivity contribution in [1.82, 2.24) is 4.57 Å². The largest absolute Gasteiger partial charge is 0.497 e. The Morgan fingerprint density at radius 3 is 2.21 bits per heavy atom. The topological polar surface area (TPSA) is 48.3 Å². The normalized spacial score (nSPS) is 11.1. The number of rotatable bonds is 5. The fraction of sp³-hybridized carbons (Fsp3) is 0.214. The lowest BCUT2D eigenvalue weighted by atomic mass is 10.1. The van der Waals surface area contributed by atoms with Crippen LogP contribution in [0, 0.1) is 27.7 Å². The molecule has 3 aromatic carbocycles. The zero-order valence-electron chi connectivity index (χ0n) is 19.9. The monoisotopic (exact) mass is 491 g/mol. The summed E-state index contributed by atoms with van der Waals surface area (Å²) in [7, 11) is 1.60. The van der Waals surface area contributed by atoms with Gasteiger partial charge in [-0.05, 0) is 86.8 Å². The van der Waals surface area contributed by atoms with E-state index in [0.29, 0.717) is 16.3 Å². The molecular formula is C28H26ClNO3S. The first kappa shape index (κ1) is 24.1. The lowest BCUT2D eigenvalue weighted by molar-refractivity contribution is -0.110. The zero-order valence-corrected chi connectivity index (χ0v) is 21.4. The van der Waals surface area contributed by atoms with Gasteiger partial charge in [-0.25, -0.2) is 0 Å². The Morgan fingerprint density at radius 1 is 0.941 bits per heavy atom. The molecule has 0 atom stereocenters. The number of hydrogen-bond acceptors (Lipinski definition) is 4. The minimum atomic E-state index is -0.166. The van der Waals surface area contributed by atoms with Crippen molar-refractivity contribution in [2.45, 2.75) is 39.0 Å². The summed E-state index contributed by atoms with van der Waals surface area (Å²) >= 11 is 7.27. The van der Waals surface area contributed by atoms with Gasteiger partial charge in [-0.3, -0.25) is 14.2 Å². The maximum absolute atomic E-state index is 13.5. The van der Waals surface area contributed by atoms with Gasteiger partial charge in [-0.1, -0.05) is 41.1 Å². The molecule has 1 heterocycles. The number of methoxy groups -OCH3 is 1. The zero-order chi connectivity index (χ0) is 24.6. The van der Waals surface area contributed by atoms with Gasteiger partial charge in [0.25, 0.3) is 5.91 Å². The highest BCUT2D eigenvalue weighted by molar-refractivity contribution is 8.13.